The van der Waals surface area contributed by atoms with Gasteiger partial charge in [-0.3, -0.25) is 9.98 Å². The third-order valence-corrected chi connectivity index (χ3v) is 1.31. The maximum atomic E-state index is 8.43. The molecule has 0 amide bonds. The van der Waals surface area contributed by atoms with Crippen molar-refractivity contribution in [1.29, 1.82) is 10.5 Å². The van der Waals surface area contributed by atoms with Crippen LogP contribution in [0, 0.1) is 28.6 Å². The van der Waals surface area contributed by atoms with Gasteiger partial charge in [-0.2, -0.15) is 10.5 Å². The van der Waals surface area contributed by atoms with Crippen LogP contribution in [0.25, 0.3) is 0 Å². The van der Waals surface area contributed by atoms with Crippen molar-refractivity contribution in [1.82, 2.24) is 4.98 Å². The lowest BCUT2D eigenvalue weighted by molar-refractivity contribution is 1.17. The Morgan fingerprint density at radius 3 is 2.46 bits per heavy atom. The molecular weight excluding hydrogens is 164 g/mol. The van der Waals surface area contributed by atoms with Crippen molar-refractivity contribution in [2.45, 2.75) is 0 Å². The zero-order valence-corrected chi connectivity index (χ0v) is 6.75. The molecule has 1 aromatic rings. The van der Waals surface area contributed by atoms with Gasteiger partial charge in [0.2, 0.25) is 0 Å². The summed E-state index contributed by atoms with van der Waals surface area (Å²) in [5.74, 6) is -0.784. The smallest absolute Gasteiger partial charge is 0.168 e. The molecule has 0 aromatic carbocycles. The second kappa shape index (κ2) is 4.63. The standard InChI is InChI=1S/C9H6N4/c10-5-8(6-11)7-13-9-1-3-12-4-2-9/h1-4,7-8H. The van der Waals surface area contributed by atoms with Gasteiger partial charge in [0, 0.05) is 18.6 Å². The number of aromatic nitrogens is 1. The minimum Gasteiger partial charge on any atom is -0.265 e. The zero-order chi connectivity index (χ0) is 9.52. The molecule has 4 heteroatoms. The summed E-state index contributed by atoms with van der Waals surface area (Å²) in [4.78, 5) is 7.75. The molecule has 0 aliphatic carbocycles. The summed E-state index contributed by atoms with van der Waals surface area (Å²) < 4.78 is 0. The molecule has 0 bridgehead atoms. The number of nitriles is 2. The van der Waals surface area contributed by atoms with Crippen LogP contribution in [0.5, 0.6) is 0 Å². The number of rotatable bonds is 2. The van der Waals surface area contributed by atoms with Gasteiger partial charge >= 0.3 is 0 Å². The van der Waals surface area contributed by atoms with E-state index in [2.05, 4.69) is 9.98 Å². The number of hydrogen-bond donors (Lipinski definition) is 0. The SMILES string of the molecule is N#CC(C#N)C=Nc1ccncc1. The molecule has 4 nitrogen and oxygen atoms in total. The van der Waals surface area contributed by atoms with Crippen LogP contribution in [-0.2, 0) is 0 Å². The highest BCUT2D eigenvalue weighted by Gasteiger charge is 1.98. The van der Waals surface area contributed by atoms with Crippen molar-refractivity contribution in [3.05, 3.63) is 24.5 Å². The fourth-order valence-electron chi connectivity index (χ4n) is 0.686. The molecule has 0 N–H and O–H groups in total. The molecule has 0 saturated heterocycles. The van der Waals surface area contributed by atoms with Gasteiger partial charge in [-0.15, -0.1) is 0 Å². The van der Waals surface area contributed by atoms with Crippen molar-refractivity contribution in [2.75, 3.05) is 0 Å². The van der Waals surface area contributed by atoms with E-state index in [0.29, 0.717) is 5.69 Å². The van der Waals surface area contributed by atoms with E-state index >= 15 is 0 Å². The van der Waals surface area contributed by atoms with Crippen molar-refractivity contribution in [2.24, 2.45) is 10.9 Å². The summed E-state index contributed by atoms with van der Waals surface area (Å²) in [6.45, 7) is 0. The number of aliphatic imine (C=N–C) groups is 1. The number of pyridine rings is 1. The highest BCUT2D eigenvalue weighted by Crippen LogP contribution is 2.07. The third-order valence-electron chi connectivity index (χ3n) is 1.31. The Morgan fingerprint density at radius 1 is 1.31 bits per heavy atom. The molecule has 1 rings (SSSR count). The lowest BCUT2D eigenvalue weighted by Crippen LogP contribution is -1.92. The molecule has 0 aliphatic heterocycles. The minimum atomic E-state index is -0.784. The Hall–Kier alpha value is -2.20. The van der Waals surface area contributed by atoms with E-state index in [-0.39, 0.29) is 0 Å². The van der Waals surface area contributed by atoms with Crippen molar-refractivity contribution < 1.29 is 0 Å². The molecule has 1 aromatic heterocycles. The van der Waals surface area contributed by atoms with E-state index in [1.54, 1.807) is 36.7 Å². The van der Waals surface area contributed by atoms with Gasteiger partial charge < -0.3 is 0 Å². The fourth-order valence-corrected chi connectivity index (χ4v) is 0.686. The Kier molecular flexibility index (Phi) is 3.17. The van der Waals surface area contributed by atoms with Crippen LogP contribution in [-0.4, -0.2) is 11.2 Å². The van der Waals surface area contributed by atoms with Crippen LogP contribution in [0.1, 0.15) is 0 Å². The van der Waals surface area contributed by atoms with Crippen LogP contribution in [0.3, 0.4) is 0 Å². The van der Waals surface area contributed by atoms with E-state index in [4.69, 9.17) is 10.5 Å². The summed E-state index contributed by atoms with van der Waals surface area (Å²) in [6.07, 6.45) is 4.51. The molecule has 0 aliphatic rings. The molecule has 0 saturated carbocycles. The van der Waals surface area contributed by atoms with Gasteiger partial charge in [0.15, 0.2) is 5.92 Å². The fraction of sp³-hybridized carbons (Fsp3) is 0.111. The van der Waals surface area contributed by atoms with Crippen molar-refractivity contribution >= 4 is 11.9 Å². The van der Waals surface area contributed by atoms with Gasteiger partial charge in [0.1, 0.15) is 0 Å². The molecule has 0 fully saturated rings. The second-order valence-corrected chi connectivity index (χ2v) is 2.22. The Balaban J connectivity index is 2.71. The summed E-state index contributed by atoms with van der Waals surface area (Å²) in [7, 11) is 0. The lowest BCUT2D eigenvalue weighted by Gasteiger charge is -1.90. The summed E-state index contributed by atoms with van der Waals surface area (Å²) in [5.41, 5.74) is 0.686. The number of hydrogen-bond acceptors (Lipinski definition) is 4. The average Bonchev–Trinajstić information content (AvgIpc) is 2.21. The molecule has 0 radical (unpaired) electrons. The van der Waals surface area contributed by atoms with Crippen LogP contribution in [0.4, 0.5) is 5.69 Å². The predicted octanol–water partition coefficient (Wildman–Crippen LogP) is 1.45. The highest BCUT2D eigenvalue weighted by atomic mass is 14.7. The monoisotopic (exact) mass is 170 g/mol. The van der Waals surface area contributed by atoms with Gasteiger partial charge in [0.05, 0.1) is 17.8 Å². The van der Waals surface area contributed by atoms with Crippen LogP contribution in [0.15, 0.2) is 29.5 Å². The van der Waals surface area contributed by atoms with Crippen LogP contribution >= 0.6 is 0 Å². The Labute approximate surface area is 75.8 Å². The van der Waals surface area contributed by atoms with Gasteiger partial charge in [-0.1, -0.05) is 0 Å². The topological polar surface area (TPSA) is 72.8 Å². The van der Waals surface area contributed by atoms with E-state index in [1.165, 1.54) is 6.21 Å². The lowest BCUT2D eigenvalue weighted by atomic mass is 10.2. The predicted molar refractivity (Wildman–Crippen MR) is 47.1 cm³/mol. The number of nitrogens with zero attached hydrogens (tertiary/aromatic N) is 4. The van der Waals surface area contributed by atoms with Crippen molar-refractivity contribution in [3.63, 3.8) is 0 Å². The quantitative estimate of drug-likeness (QED) is 0.630. The Bertz CT molecular complexity index is 355. The van der Waals surface area contributed by atoms with Crippen molar-refractivity contribution in [3.8, 4) is 12.1 Å². The van der Waals surface area contributed by atoms with E-state index in [9.17, 15) is 0 Å². The van der Waals surface area contributed by atoms with Gasteiger partial charge in [-0.05, 0) is 12.1 Å². The molecule has 62 valence electrons. The van der Waals surface area contributed by atoms with Gasteiger partial charge in [-0.25, -0.2) is 0 Å². The first kappa shape index (κ1) is 8.89. The maximum absolute atomic E-state index is 8.43. The second-order valence-electron chi connectivity index (χ2n) is 2.22. The largest absolute Gasteiger partial charge is 0.265 e. The van der Waals surface area contributed by atoms with E-state index < -0.39 is 5.92 Å². The summed E-state index contributed by atoms with van der Waals surface area (Å²) in [5, 5.41) is 16.9. The normalized spacial score (nSPS) is 9.77. The van der Waals surface area contributed by atoms with Crippen LogP contribution in [0.2, 0.25) is 0 Å². The molecular formula is C9H6N4. The molecule has 1 heterocycles. The first-order valence-corrected chi connectivity index (χ1v) is 3.60. The summed E-state index contributed by atoms with van der Waals surface area (Å²) in [6, 6.07) is 6.99. The molecule has 0 spiro atoms. The zero-order valence-electron chi connectivity index (χ0n) is 6.75. The first-order chi connectivity index (χ1) is 6.36. The molecule has 13 heavy (non-hydrogen) atoms. The average molecular weight is 170 g/mol. The summed E-state index contributed by atoms with van der Waals surface area (Å²) >= 11 is 0. The maximum Gasteiger partial charge on any atom is 0.168 e. The molecule has 0 unspecified atom stereocenters. The third kappa shape index (κ3) is 2.72. The first-order valence-electron chi connectivity index (χ1n) is 3.60. The van der Waals surface area contributed by atoms with E-state index in [1.807, 2.05) is 0 Å². The highest BCUT2D eigenvalue weighted by molar-refractivity contribution is 5.71. The van der Waals surface area contributed by atoms with Crippen LogP contribution < -0.4 is 0 Å². The van der Waals surface area contributed by atoms with E-state index in [0.717, 1.165) is 0 Å². The Morgan fingerprint density at radius 2 is 1.92 bits per heavy atom. The molecule has 0 atom stereocenters. The van der Waals surface area contributed by atoms with Gasteiger partial charge in [0.25, 0.3) is 0 Å². The minimum absolute atomic E-state index is 0.686.